The van der Waals surface area contributed by atoms with Crippen LogP contribution in [0.1, 0.15) is 76.7 Å². The Kier molecular flexibility index (Phi) is 17.6. The van der Waals surface area contributed by atoms with E-state index in [-0.39, 0.29) is 75.5 Å². The Morgan fingerprint density at radius 2 is 1.23 bits per heavy atom. The largest absolute Gasteiger partial charge is 1.00 e. The van der Waals surface area contributed by atoms with Gasteiger partial charge in [0, 0.05) is 0 Å². The molecule has 0 atom stereocenters. The van der Waals surface area contributed by atoms with Gasteiger partial charge in [-0.1, -0.05) is 70.8 Å². The van der Waals surface area contributed by atoms with Crippen molar-refractivity contribution in [3.8, 4) is 11.5 Å². The Bertz CT molecular complexity index is 1100. The average Bonchev–Trinajstić information content (AvgIpc) is 2.74. The van der Waals surface area contributed by atoms with Crippen molar-refractivity contribution in [2.45, 2.75) is 87.3 Å². The number of hydrogen-bond donors (Lipinski definition) is 0. The summed E-state index contributed by atoms with van der Waals surface area (Å²) in [5.41, 5.74) is 0.370. The molecule has 0 unspecified atom stereocenters. The fourth-order valence-corrected chi connectivity index (χ4v) is 4.91. The monoisotopic (exact) mass is 542 g/mol. The van der Waals surface area contributed by atoms with Crippen LogP contribution in [0.15, 0.2) is 52.3 Å². The van der Waals surface area contributed by atoms with Crippen LogP contribution < -0.4 is 63.9 Å². The van der Waals surface area contributed by atoms with E-state index < -0.39 is 25.1 Å². The summed E-state index contributed by atoms with van der Waals surface area (Å²) in [6.45, 7) is 2.20. The van der Waals surface area contributed by atoms with Crippen LogP contribution in [0, 0.1) is 0 Å². The molecular weight excluding hydrogens is 510 g/mol. The number of benzene rings is 2. The predicted octanol–water partition coefficient (Wildman–Crippen LogP) is -0.241. The first kappa shape index (κ1) is 35.1. The Hall–Kier alpha value is 0.0600. The number of aryl methyl sites for hydroxylation is 1. The molecule has 0 amide bonds. The van der Waals surface area contributed by atoms with Crippen LogP contribution in [0.4, 0.5) is 0 Å². The molecule has 0 spiro atoms. The standard InChI is InChI=1S/C24H34O7S2.2Na/c1-2-3-4-5-6-7-8-9-10-11-13-20-18-22(16-17-24(20)33(28,29)30)31-21-14-12-15-23(19-21)32(25,26)27;;/h12,14-19H,2-11,13H2,1H3,(H,25,26,27)(H,28,29,30);;/q;2*+1/p-2. The van der Waals surface area contributed by atoms with E-state index in [1.165, 1.54) is 74.9 Å². The molecule has 0 radical (unpaired) electrons. The van der Waals surface area contributed by atoms with Crippen LogP contribution in [0.3, 0.4) is 0 Å². The molecule has 0 aliphatic rings. The van der Waals surface area contributed by atoms with Crippen LogP contribution >= 0.6 is 0 Å². The second-order valence-corrected chi connectivity index (χ2v) is 10.9. The Labute approximate surface area is 254 Å². The van der Waals surface area contributed by atoms with Gasteiger partial charge in [0.15, 0.2) is 0 Å². The van der Waals surface area contributed by atoms with E-state index in [1.54, 1.807) is 0 Å². The number of unbranched alkanes of at least 4 members (excludes halogenated alkanes) is 9. The van der Waals surface area contributed by atoms with Gasteiger partial charge in [0.25, 0.3) is 0 Å². The summed E-state index contributed by atoms with van der Waals surface area (Å²) in [4.78, 5) is -0.703. The first-order valence-electron chi connectivity index (χ1n) is 11.4. The molecule has 0 aromatic heterocycles. The summed E-state index contributed by atoms with van der Waals surface area (Å²) < 4.78 is 74.2. The second kappa shape index (κ2) is 17.5. The van der Waals surface area contributed by atoms with Crippen molar-refractivity contribution in [1.82, 2.24) is 0 Å². The molecule has 35 heavy (non-hydrogen) atoms. The van der Waals surface area contributed by atoms with Gasteiger partial charge in [-0.25, -0.2) is 16.8 Å². The molecular formula is C24H32Na2O7S2. The van der Waals surface area contributed by atoms with E-state index in [2.05, 4.69) is 6.92 Å². The SMILES string of the molecule is CCCCCCCCCCCCc1cc(Oc2cccc(S(=O)(=O)[O-])c2)ccc1S(=O)(=O)[O-].[Na+].[Na+]. The molecule has 2 aromatic rings. The molecule has 0 saturated heterocycles. The molecule has 7 nitrogen and oxygen atoms in total. The van der Waals surface area contributed by atoms with E-state index in [0.717, 1.165) is 31.7 Å². The van der Waals surface area contributed by atoms with Gasteiger partial charge in [0.1, 0.15) is 31.7 Å². The van der Waals surface area contributed by atoms with Crippen LogP contribution in [0.25, 0.3) is 0 Å². The van der Waals surface area contributed by atoms with Gasteiger partial charge in [-0.15, -0.1) is 0 Å². The molecule has 0 bridgehead atoms. The zero-order valence-electron chi connectivity index (χ0n) is 21.0. The average molecular weight is 543 g/mol. The van der Waals surface area contributed by atoms with Gasteiger partial charge in [0.2, 0.25) is 0 Å². The van der Waals surface area contributed by atoms with Crippen molar-refractivity contribution >= 4 is 20.2 Å². The van der Waals surface area contributed by atoms with Crippen molar-refractivity contribution in [2.75, 3.05) is 0 Å². The summed E-state index contributed by atoms with van der Waals surface area (Å²) >= 11 is 0. The first-order chi connectivity index (χ1) is 15.6. The molecule has 2 rings (SSSR count). The topological polar surface area (TPSA) is 124 Å². The maximum atomic E-state index is 11.7. The fourth-order valence-electron chi connectivity index (χ4n) is 3.69. The maximum absolute atomic E-state index is 11.7. The van der Waals surface area contributed by atoms with Crippen molar-refractivity contribution in [3.63, 3.8) is 0 Å². The Morgan fingerprint density at radius 3 is 1.77 bits per heavy atom. The predicted molar refractivity (Wildman–Crippen MR) is 124 cm³/mol. The third-order valence-corrected chi connectivity index (χ3v) is 7.20. The fraction of sp³-hybridized carbons (Fsp3) is 0.500. The smallest absolute Gasteiger partial charge is 0.744 e. The molecule has 2 aromatic carbocycles. The van der Waals surface area contributed by atoms with Gasteiger partial charge in [0.05, 0.1) is 9.79 Å². The quantitative estimate of drug-likeness (QED) is 0.173. The molecule has 11 heteroatoms. The van der Waals surface area contributed by atoms with Gasteiger partial charge >= 0.3 is 59.1 Å². The minimum absolute atomic E-state index is 0. The summed E-state index contributed by atoms with van der Waals surface area (Å²) in [6.07, 6.45) is 11.8. The van der Waals surface area contributed by atoms with Crippen molar-refractivity contribution in [1.29, 1.82) is 0 Å². The van der Waals surface area contributed by atoms with Gasteiger partial charge in [-0.3, -0.25) is 0 Å². The van der Waals surface area contributed by atoms with E-state index in [9.17, 15) is 25.9 Å². The molecule has 0 saturated carbocycles. The maximum Gasteiger partial charge on any atom is 1.00 e. The number of rotatable bonds is 15. The summed E-state index contributed by atoms with van der Waals surface area (Å²) in [7, 11) is -9.27. The van der Waals surface area contributed by atoms with Crippen LogP contribution in [-0.4, -0.2) is 25.9 Å². The third kappa shape index (κ3) is 13.4. The molecule has 0 N–H and O–H groups in total. The van der Waals surface area contributed by atoms with Crippen molar-refractivity contribution in [3.05, 3.63) is 48.0 Å². The summed E-state index contributed by atoms with van der Waals surface area (Å²) in [5, 5.41) is 0. The van der Waals surface area contributed by atoms with Crippen LogP contribution in [0.2, 0.25) is 0 Å². The van der Waals surface area contributed by atoms with Crippen LogP contribution in [-0.2, 0) is 26.7 Å². The van der Waals surface area contributed by atoms with E-state index >= 15 is 0 Å². The minimum Gasteiger partial charge on any atom is -0.744 e. The number of ether oxygens (including phenoxy) is 1. The normalized spacial score (nSPS) is 11.4. The summed E-state index contributed by atoms with van der Waals surface area (Å²) in [6, 6.07) is 9.15. The zero-order valence-corrected chi connectivity index (χ0v) is 26.6. The summed E-state index contributed by atoms with van der Waals surface area (Å²) in [5.74, 6) is 0.375. The van der Waals surface area contributed by atoms with Crippen molar-refractivity contribution in [2.24, 2.45) is 0 Å². The molecule has 0 fully saturated rings. The Morgan fingerprint density at radius 1 is 0.686 bits per heavy atom. The Balaban J connectivity index is 0.00000578. The molecule has 184 valence electrons. The third-order valence-electron chi connectivity index (χ3n) is 5.43. The van der Waals surface area contributed by atoms with Gasteiger partial charge < -0.3 is 13.8 Å². The van der Waals surface area contributed by atoms with Gasteiger partial charge in [-0.05, 0) is 54.8 Å². The first-order valence-corrected chi connectivity index (χ1v) is 14.3. The minimum atomic E-state index is -4.64. The zero-order chi connectivity index (χ0) is 24.3. The van der Waals surface area contributed by atoms with E-state index in [4.69, 9.17) is 4.74 Å². The van der Waals surface area contributed by atoms with Gasteiger partial charge in [-0.2, -0.15) is 0 Å². The second-order valence-electron chi connectivity index (χ2n) is 8.19. The molecule has 0 aliphatic carbocycles. The van der Waals surface area contributed by atoms with Crippen LogP contribution in [0.5, 0.6) is 11.5 Å². The van der Waals surface area contributed by atoms with E-state index in [1.807, 2.05) is 0 Å². The molecule has 0 aliphatic heterocycles. The van der Waals surface area contributed by atoms with E-state index in [0.29, 0.717) is 12.0 Å². The molecule has 0 heterocycles. The van der Waals surface area contributed by atoms with Crippen molar-refractivity contribution < 1.29 is 89.8 Å². The number of hydrogen-bond acceptors (Lipinski definition) is 7.